The minimum atomic E-state index is -3.48. The molecule has 0 saturated carbocycles. The highest BCUT2D eigenvalue weighted by atomic mass is 79.9. The van der Waals surface area contributed by atoms with Gasteiger partial charge in [-0.1, -0.05) is 34.1 Å². The van der Waals surface area contributed by atoms with E-state index in [1.165, 1.54) is 16.4 Å². The molecule has 0 amide bonds. The Morgan fingerprint density at radius 3 is 2.50 bits per heavy atom. The molecule has 0 spiro atoms. The van der Waals surface area contributed by atoms with Crippen LogP contribution in [0.2, 0.25) is 0 Å². The first kappa shape index (κ1) is 17.1. The Kier molecular flexibility index (Phi) is 4.71. The van der Waals surface area contributed by atoms with Gasteiger partial charge in [-0.15, -0.1) is 0 Å². The fraction of sp³-hybridized carbons (Fsp3) is 0.250. The fourth-order valence-corrected chi connectivity index (χ4v) is 4.52. The summed E-state index contributed by atoms with van der Waals surface area (Å²) in [5.74, 6) is -0.0788. The van der Waals surface area contributed by atoms with E-state index in [9.17, 15) is 18.5 Å². The molecule has 6 nitrogen and oxygen atoms in total. The molecule has 0 saturated heterocycles. The van der Waals surface area contributed by atoms with Crippen molar-refractivity contribution in [2.45, 2.75) is 18.7 Å². The molecule has 2 aromatic carbocycles. The molecular formula is C16H15BrN2O4S. The Balaban J connectivity index is 1.81. The van der Waals surface area contributed by atoms with Gasteiger partial charge < -0.3 is 0 Å². The standard InChI is InChI=1S/C16H15BrN2O4S/c17-15-4-1-12(2-5-15)11-24(22,23)18-8-7-13-3-6-16(19(20)21)9-14(13)10-18/h1-6,9H,7-8,10-11H2. The Bertz CT molecular complexity index is 881. The lowest BCUT2D eigenvalue weighted by atomic mass is 10.0. The molecule has 1 aliphatic rings. The van der Waals surface area contributed by atoms with Gasteiger partial charge in [0.1, 0.15) is 0 Å². The van der Waals surface area contributed by atoms with E-state index in [0.29, 0.717) is 24.1 Å². The molecule has 0 aliphatic carbocycles. The van der Waals surface area contributed by atoms with Gasteiger partial charge in [-0.25, -0.2) is 8.42 Å². The van der Waals surface area contributed by atoms with Crippen molar-refractivity contribution in [2.24, 2.45) is 0 Å². The van der Waals surface area contributed by atoms with Crippen molar-refractivity contribution >= 4 is 31.6 Å². The number of non-ortho nitro benzene ring substituents is 1. The summed E-state index contributed by atoms with van der Waals surface area (Å²) in [5, 5.41) is 10.9. The zero-order valence-corrected chi connectivity index (χ0v) is 15.1. The van der Waals surface area contributed by atoms with Crippen molar-refractivity contribution in [3.05, 3.63) is 73.7 Å². The molecule has 1 aliphatic heterocycles. The first-order valence-electron chi connectivity index (χ1n) is 7.33. The third kappa shape index (κ3) is 3.66. The molecule has 0 unspecified atom stereocenters. The molecule has 0 aromatic heterocycles. The van der Waals surface area contributed by atoms with Gasteiger partial charge >= 0.3 is 0 Å². The summed E-state index contributed by atoms with van der Waals surface area (Å²) in [6.07, 6.45) is 0.562. The molecule has 0 N–H and O–H groups in total. The Labute approximate surface area is 148 Å². The van der Waals surface area contributed by atoms with Crippen LogP contribution in [-0.2, 0) is 28.7 Å². The van der Waals surface area contributed by atoms with Gasteiger partial charge in [-0.2, -0.15) is 4.31 Å². The van der Waals surface area contributed by atoms with Gasteiger partial charge in [0.2, 0.25) is 10.0 Å². The molecule has 24 heavy (non-hydrogen) atoms. The minimum Gasteiger partial charge on any atom is -0.258 e. The lowest BCUT2D eigenvalue weighted by Gasteiger charge is -2.28. The second kappa shape index (κ2) is 6.62. The zero-order chi connectivity index (χ0) is 17.3. The zero-order valence-electron chi connectivity index (χ0n) is 12.7. The summed E-state index contributed by atoms with van der Waals surface area (Å²) >= 11 is 3.32. The Hall–Kier alpha value is -1.77. The molecule has 8 heteroatoms. The van der Waals surface area contributed by atoms with E-state index in [1.807, 2.05) is 0 Å². The third-order valence-electron chi connectivity index (χ3n) is 4.03. The molecule has 0 atom stereocenters. The lowest BCUT2D eigenvalue weighted by molar-refractivity contribution is -0.385. The molecule has 126 valence electrons. The molecule has 0 bridgehead atoms. The van der Waals surface area contributed by atoms with E-state index < -0.39 is 14.9 Å². The molecule has 1 heterocycles. The molecule has 2 aromatic rings. The number of halogens is 1. The fourth-order valence-electron chi connectivity index (χ4n) is 2.75. The van der Waals surface area contributed by atoms with Crippen molar-refractivity contribution in [1.29, 1.82) is 0 Å². The van der Waals surface area contributed by atoms with E-state index in [4.69, 9.17) is 0 Å². The van der Waals surface area contributed by atoms with Crippen LogP contribution in [-0.4, -0.2) is 24.2 Å². The van der Waals surface area contributed by atoms with E-state index in [2.05, 4.69) is 15.9 Å². The SMILES string of the molecule is O=[N+]([O-])c1ccc2c(c1)CN(S(=O)(=O)Cc1ccc(Br)cc1)CC2. The number of nitro groups is 1. The van der Waals surface area contributed by atoms with Gasteiger partial charge in [-0.05, 0) is 35.2 Å². The van der Waals surface area contributed by atoms with Crippen molar-refractivity contribution in [2.75, 3.05) is 6.54 Å². The van der Waals surface area contributed by atoms with Crippen LogP contribution in [0.3, 0.4) is 0 Å². The van der Waals surface area contributed by atoms with Crippen LogP contribution in [0.15, 0.2) is 46.9 Å². The van der Waals surface area contributed by atoms with Gasteiger partial charge in [0.15, 0.2) is 0 Å². The monoisotopic (exact) mass is 410 g/mol. The summed E-state index contributed by atoms with van der Waals surface area (Å²) in [4.78, 5) is 10.4. The Morgan fingerprint density at radius 2 is 1.83 bits per heavy atom. The lowest BCUT2D eigenvalue weighted by Crippen LogP contribution is -2.36. The number of rotatable bonds is 4. The number of sulfonamides is 1. The normalized spacial score (nSPS) is 15.0. The van der Waals surface area contributed by atoms with Crippen molar-refractivity contribution in [1.82, 2.24) is 4.31 Å². The van der Waals surface area contributed by atoms with Gasteiger partial charge in [0.25, 0.3) is 5.69 Å². The summed E-state index contributed by atoms with van der Waals surface area (Å²) in [6.45, 7) is 0.569. The topological polar surface area (TPSA) is 80.5 Å². The van der Waals surface area contributed by atoms with Crippen molar-refractivity contribution < 1.29 is 13.3 Å². The maximum Gasteiger partial charge on any atom is 0.269 e. The van der Waals surface area contributed by atoms with Crippen molar-refractivity contribution in [3.8, 4) is 0 Å². The highest BCUT2D eigenvalue weighted by Crippen LogP contribution is 2.26. The maximum atomic E-state index is 12.6. The number of nitro benzene ring substituents is 1. The van der Waals surface area contributed by atoms with Crippen LogP contribution in [0.1, 0.15) is 16.7 Å². The first-order chi connectivity index (χ1) is 11.3. The summed E-state index contributed by atoms with van der Waals surface area (Å²) in [6, 6.07) is 11.8. The largest absolute Gasteiger partial charge is 0.269 e. The number of hydrogen-bond donors (Lipinski definition) is 0. The van der Waals surface area contributed by atoms with Gasteiger partial charge in [-0.3, -0.25) is 10.1 Å². The van der Waals surface area contributed by atoms with E-state index in [0.717, 1.165) is 10.0 Å². The van der Waals surface area contributed by atoms with Crippen LogP contribution >= 0.6 is 15.9 Å². The first-order valence-corrected chi connectivity index (χ1v) is 9.74. The number of hydrogen-bond acceptors (Lipinski definition) is 4. The number of benzene rings is 2. The van der Waals surface area contributed by atoms with Crippen LogP contribution < -0.4 is 0 Å². The van der Waals surface area contributed by atoms with Crippen LogP contribution in [0.4, 0.5) is 5.69 Å². The third-order valence-corrected chi connectivity index (χ3v) is 6.36. The van der Waals surface area contributed by atoms with Gasteiger partial charge in [0.05, 0.1) is 10.7 Å². The predicted molar refractivity (Wildman–Crippen MR) is 94.0 cm³/mol. The van der Waals surface area contributed by atoms with Crippen LogP contribution in [0.25, 0.3) is 0 Å². The quantitative estimate of drug-likeness (QED) is 0.572. The van der Waals surface area contributed by atoms with E-state index >= 15 is 0 Å². The van der Waals surface area contributed by atoms with Gasteiger partial charge in [0, 0.05) is 29.7 Å². The highest BCUT2D eigenvalue weighted by Gasteiger charge is 2.27. The highest BCUT2D eigenvalue weighted by molar-refractivity contribution is 9.10. The van der Waals surface area contributed by atoms with Crippen LogP contribution in [0.5, 0.6) is 0 Å². The second-order valence-corrected chi connectivity index (χ2v) is 8.56. The van der Waals surface area contributed by atoms with Crippen LogP contribution in [0, 0.1) is 10.1 Å². The van der Waals surface area contributed by atoms with Crippen molar-refractivity contribution in [3.63, 3.8) is 0 Å². The number of nitrogens with zero attached hydrogens (tertiary/aromatic N) is 2. The minimum absolute atomic E-state index is 0.0130. The molecule has 3 rings (SSSR count). The average molecular weight is 411 g/mol. The summed E-state index contributed by atoms with van der Waals surface area (Å²) in [7, 11) is -3.48. The molecular weight excluding hydrogens is 396 g/mol. The Morgan fingerprint density at radius 1 is 1.12 bits per heavy atom. The summed E-state index contributed by atoms with van der Waals surface area (Å²) in [5.41, 5.74) is 2.37. The smallest absolute Gasteiger partial charge is 0.258 e. The summed E-state index contributed by atoms with van der Waals surface area (Å²) < 4.78 is 27.6. The second-order valence-electron chi connectivity index (χ2n) is 5.68. The van der Waals surface area contributed by atoms with E-state index in [-0.39, 0.29) is 18.0 Å². The average Bonchev–Trinajstić information content (AvgIpc) is 2.55. The predicted octanol–water partition coefficient (Wildman–Crippen LogP) is 3.25. The number of fused-ring (bicyclic) bond motifs is 1. The molecule has 0 radical (unpaired) electrons. The maximum absolute atomic E-state index is 12.6. The van der Waals surface area contributed by atoms with E-state index in [1.54, 1.807) is 30.3 Å². The molecule has 0 fully saturated rings.